The van der Waals surface area contributed by atoms with E-state index < -0.39 is 6.23 Å². The second kappa shape index (κ2) is 7.98. The molecule has 31 heavy (non-hydrogen) atoms. The second-order valence-electron chi connectivity index (χ2n) is 7.39. The van der Waals surface area contributed by atoms with Crippen LogP contribution in [0.1, 0.15) is 35.4 Å². The zero-order valence-electron chi connectivity index (χ0n) is 17.0. The van der Waals surface area contributed by atoms with E-state index >= 15 is 0 Å². The van der Waals surface area contributed by atoms with E-state index in [0.717, 1.165) is 34.6 Å². The van der Waals surface area contributed by atoms with Gasteiger partial charge in [-0.15, -0.1) is 0 Å². The highest BCUT2D eigenvalue weighted by Crippen LogP contribution is 2.50. The van der Waals surface area contributed by atoms with Gasteiger partial charge in [0.05, 0.1) is 31.5 Å². The topological polar surface area (TPSA) is 43.3 Å². The van der Waals surface area contributed by atoms with Crippen molar-refractivity contribution in [2.45, 2.75) is 18.7 Å². The Bertz CT molecular complexity index is 1160. The van der Waals surface area contributed by atoms with Crippen LogP contribution in [0, 0.1) is 0 Å². The van der Waals surface area contributed by atoms with Gasteiger partial charge in [0.25, 0.3) is 0 Å². The Labute approximate surface area is 190 Å². The van der Waals surface area contributed by atoms with Crippen molar-refractivity contribution in [1.82, 2.24) is 5.01 Å². The SMILES string of the molecule is COc1cccc([C@@H]2Oc3ccc(Cl)cc3[C@@H]3CC(c4ccc(Cl)cc4)=NN32)c1OC. The van der Waals surface area contributed by atoms with Crippen LogP contribution in [0.15, 0.2) is 65.8 Å². The molecule has 0 fully saturated rings. The number of rotatable bonds is 4. The molecule has 0 N–H and O–H groups in total. The minimum Gasteiger partial charge on any atom is -0.493 e. The number of halogens is 2. The molecule has 0 unspecified atom stereocenters. The summed E-state index contributed by atoms with van der Waals surface area (Å²) in [5.41, 5.74) is 3.84. The molecule has 7 heteroatoms. The lowest BCUT2D eigenvalue weighted by molar-refractivity contribution is -0.0205. The van der Waals surface area contributed by atoms with Crippen molar-refractivity contribution in [3.8, 4) is 17.2 Å². The van der Waals surface area contributed by atoms with Crippen molar-refractivity contribution < 1.29 is 14.2 Å². The average Bonchev–Trinajstić information content (AvgIpc) is 3.24. The summed E-state index contributed by atoms with van der Waals surface area (Å²) in [5.74, 6) is 2.05. The van der Waals surface area contributed by atoms with Crippen LogP contribution in [0.3, 0.4) is 0 Å². The molecule has 0 spiro atoms. The lowest BCUT2D eigenvalue weighted by Crippen LogP contribution is -2.34. The highest BCUT2D eigenvalue weighted by Gasteiger charge is 2.42. The van der Waals surface area contributed by atoms with E-state index in [9.17, 15) is 0 Å². The third-order valence-electron chi connectivity index (χ3n) is 5.63. The third-order valence-corrected chi connectivity index (χ3v) is 6.12. The van der Waals surface area contributed by atoms with Crippen LogP contribution >= 0.6 is 23.2 Å². The first-order valence-corrected chi connectivity index (χ1v) is 10.6. The molecule has 2 aliphatic rings. The van der Waals surface area contributed by atoms with Crippen LogP contribution in [-0.4, -0.2) is 24.9 Å². The van der Waals surface area contributed by atoms with Gasteiger partial charge in [0.1, 0.15) is 5.75 Å². The van der Waals surface area contributed by atoms with E-state index in [1.807, 2.05) is 65.7 Å². The highest BCUT2D eigenvalue weighted by molar-refractivity contribution is 6.31. The van der Waals surface area contributed by atoms with Crippen molar-refractivity contribution >= 4 is 28.9 Å². The first-order valence-electron chi connectivity index (χ1n) is 9.88. The van der Waals surface area contributed by atoms with E-state index in [1.54, 1.807) is 14.2 Å². The number of methoxy groups -OCH3 is 2. The maximum Gasteiger partial charge on any atom is 0.217 e. The Kier molecular flexibility index (Phi) is 5.16. The Morgan fingerprint density at radius 3 is 2.45 bits per heavy atom. The second-order valence-corrected chi connectivity index (χ2v) is 8.26. The van der Waals surface area contributed by atoms with Gasteiger partial charge in [-0.3, -0.25) is 0 Å². The molecule has 2 atom stereocenters. The third kappa shape index (κ3) is 3.48. The van der Waals surface area contributed by atoms with Gasteiger partial charge in [0.15, 0.2) is 11.5 Å². The number of ether oxygens (including phenoxy) is 3. The number of para-hydroxylation sites is 1. The molecule has 0 aliphatic carbocycles. The number of nitrogens with zero attached hydrogens (tertiary/aromatic N) is 2. The molecule has 3 aromatic carbocycles. The van der Waals surface area contributed by atoms with Crippen molar-refractivity contribution in [2.75, 3.05) is 14.2 Å². The van der Waals surface area contributed by atoms with Gasteiger partial charge in [-0.25, -0.2) is 5.01 Å². The number of benzene rings is 3. The quantitative estimate of drug-likeness (QED) is 0.466. The predicted octanol–water partition coefficient (Wildman–Crippen LogP) is 6.25. The average molecular weight is 455 g/mol. The Hall–Kier alpha value is -2.89. The molecule has 5 nitrogen and oxygen atoms in total. The van der Waals surface area contributed by atoms with E-state index in [0.29, 0.717) is 21.5 Å². The molecule has 158 valence electrons. The van der Waals surface area contributed by atoms with Gasteiger partial charge in [-0.2, -0.15) is 5.10 Å². The van der Waals surface area contributed by atoms with Crippen LogP contribution in [-0.2, 0) is 0 Å². The molecule has 0 radical (unpaired) electrons. The first-order chi connectivity index (χ1) is 15.1. The molecule has 3 aromatic rings. The summed E-state index contributed by atoms with van der Waals surface area (Å²) >= 11 is 12.4. The Balaban J connectivity index is 1.64. The normalized spacial score (nSPS) is 19.2. The van der Waals surface area contributed by atoms with E-state index in [1.165, 1.54) is 0 Å². The molecule has 0 bridgehead atoms. The number of hydrogen-bond donors (Lipinski definition) is 0. The summed E-state index contributed by atoms with van der Waals surface area (Å²) in [6.45, 7) is 0. The standard InChI is InChI=1S/C24H20Cl2N2O3/c1-29-22-5-3-4-17(23(22)30-2)24-28-20(18-12-16(26)10-11-21(18)31-24)13-19(27-28)14-6-8-15(25)9-7-14/h3-12,20,24H,13H2,1-2H3/t20-,24-/m0/s1. The van der Waals surface area contributed by atoms with E-state index in [4.69, 9.17) is 42.5 Å². The summed E-state index contributed by atoms with van der Waals surface area (Å²) in [4.78, 5) is 0. The van der Waals surface area contributed by atoms with Gasteiger partial charge in [0, 0.05) is 22.0 Å². The monoisotopic (exact) mass is 454 g/mol. The summed E-state index contributed by atoms with van der Waals surface area (Å²) in [7, 11) is 3.25. The molecule has 0 saturated carbocycles. The van der Waals surface area contributed by atoms with Crippen molar-refractivity contribution in [1.29, 1.82) is 0 Å². The van der Waals surface area contributed by atoms with Gasteiger partial charge in [0.2, 0.25) is 6.23 Å². The number of fused-ring (bicyclic) bond motifs is 3. The molecule has 0 aromatic heterocycles. The fraction of sp³-hybridized carbons (Fsp3) is 0.208. The van der Waals surface area contributed by atoms with E-state index in [2.05, 4.69) is 0 Å². The fourth-order valence-corrected chi connectivity index (χ4v) is 4.49. The molecular formula is C24H20Cl2N2O3. The zero-order chi connectivity index (χ0) is 21.5. The zero-order valence-corrected chi connectivity index (χ0v) is 18.5. The highest BCUT2D eigenvalue weighted by atomic mass is 35.5. The molecule has 2 heterocycles. The summed E-state index contributed by atoms with van der Waals surface area (Å²) in [6, 6.07) is 19.2. The van der Waals surface area contributed by atoms with Crippen LogP contribution < -0.4 is 14.2 Å². The maximum atomic E-state index is 6.44. The summed E-state index contributed by atoms with van der Waals surface area (Å²) in [6.07, 6.45) is 0.245. The minimum absolute atomic E-state index is 0.0194. The van der Waals surface area contributed by atoms with Crippen molar-refractivity contribution in [3.63, 3.8) is 0 Å². The summed E-state index contributed by atoms with van der Waals surface area (Å²) < 4.78 is 17.6. The number of hydrazone groups is 1. The summed E-state index contributed by atoms with van der Waals surface area (Å²) in [5, 5.41) is 8.32. The van der Waals surface area contributed by atoms with Crippen LogP contribution in [0.5, 0.6) is 17.2 Å². The lowest BCUT2D eigenvalue weighted by atomic mass is 9.95. The molecule has 0 amide bonds. The first kappa shape index (κ1) is 20.0. The molecule has 5 rings (SSSR count). The maximum absolute atomic E-state index is 6.44. The van der Waals surface area contributed by atoms with Crippen LogP contribution in [0.25, 0.3) is 0 Å². The minimum atomic E-state index is -0.478. The van der Waals surface area contributed by atoms with Crippen LogP contribution in [0.4, 0.5) is 0 Å². The van der Waals surface area contributed by atoms with Gasteiger partial charge < -0.3 is 14.2 Å². The molecular weight excluding hydrogens is 435 g/mol. The largest absolute Gasteiger partial charge is 0.493 e. The molecule has 0 saturated heterocycles. The van der Waals surface area contributed by atoms with Crippen molar-refractivity contribution in [3.05, 3.63) is 87.4 Å². The Morgan fingerprint density at radius 2 is 1.71 bits per heavy atom. The Morgan fingerprint density at radius 1 is 0.935 bits per heavy atom. The smallest absolute Gasteiger partial charge is 0.217 e. The number of hydrogen-bond acceptors (Lipinski definition) is 5. The lowest BCUT2D eigenvalue weighted by Gasteiger charge is -2.38. The predicted molar refractivity (Wildman–Crippen MR) is 122 cm³/mol. The van der Waals surface area contributed by atoms with Gasteiger partial charge in [-0.05, 0) is 48.0 Å². The van der Waals surface area contributed by atoms with Crippen molar-refractivity contribution in [2.24, 2.45) is 5.10 Å². The van der Waals surface area contributed by atoms with Crippen LogP contribution in [0.2, 0.25) is 10.0 Å². The van der Waals surface area contributed by atoms with Gasteiger partial charge in [-0.1, -0.05) is 41.4 Å². The van der Waals surface area contributed by atoms with E-state index in [-0.39, 0.29) is 6.04 Å². The molecule has 2 aliphatic heterocycles. The van der Waals surface area contributed by atoms with Gasteiger partial charge >= 0.3 is 0 Å². The fourth-order valence-electron chi connectivity index (χ4n) is 4.19.